The van der Waals surface area contributed by atoms with E-state index in [1.807, 2.05) is 12.1 Å². The fraction of sp³-hybridized carbons (Fsp3) is 0.304. The Kier molecular flexibility index (Phi) is 7.06. The number of rotatable bonds is 7. The van der Waals surface area contributed by atoms with E-state index in [0.717, 1.165) is 18.4 Å². The maximum Gasteiger partial charge on any atom is 0.331 e. The highest BCUT2D eigenvalue weighted by Crippen LogP contribution is 2.38. The Morgan fingerprint density at radius 2 is 2.00 bits per heavy atom. The average molecular weight is 413 g/mol. The van der Waals surface area contributed by atoms with Crippen LogP contribution in [0.5, 0.6) is 11.5 Å². The molecule has 0 bridgehead atoms. The summed E-state index contributed by atoms with van der Waals surface area (Å²) in [6.07, 6.45) is 4.23. The predicted octanol–water partition coefficient (Wildman–Crippen LogP) is 3.76. The highest BCUT2D eigenvalue weighted by molar-refractivity contribution is 5.89. The van der Waals surface area contributed by atoms with Crippen molar-refractivity contribution in [1.82, 2.24) is 4.90 Å². The number of likely N-dealkylation sites (tertiary alicyclic amines) is 1. The van der Waals surface area contributed by atoms with E-state index in [9.17, 15) is 14.0 Å². The molecule has 1 heterocycles. The Hall–Kier alpha value is -3.35. The predicted molar refractivity (Wildman–Crippen MR) is 110 cm³/mol. The summed E-state index contributed by atoms with van der Waals surface area (Å²) in [6, 6.07) is 11.1. The number of hydrogen-bond acceptors (Lipinski definition) is 5. The summed E-state index contributed by atoms with van der Waals surface area (Å²) >= 11 is 0. The molecule has 1 aliphatic rings. The third-order valence-corrected chi connectivity index (χ3v) is 4.97. The lowest BCUT2D eigenvalue weighted by molar-refractivity contribution is -0.148. The van der Waals surface area contributed by atoms with Crippen LogP contribution in [-0.2, 0) is 14.3 Å². The molecule has 0 N–H and O–H groups in total. The molecule has 30 heavy (non-hydrogen) atoms. The molecule has 1 amide bonds. The number of nitrogens with zero attached hydrogens (tertiary/aromatic N) is 1. The monoisotopic (exact) mass is 413 g/mol. The van der Waals surface area contributed by atoms with Crippen molar-refractivity contribution in [2.24, 2.45) is 0 Å². The number of methoxy groups -OCH3 is 2. The normalized spacial score (nSPS) is 16.0. The lowest BCUT2D eigenvalue weighted by atomic mass is 10.0. The highest BCUT2D eigenvalue weighted by Gasteiger charge is 2.32. The maximum absolute atomic E-state index is 13.2. The van der Waals surface area contributed by atoms with Gasteiger partial charge in [0.1, 0.15) is 17.3 Å². The van der Waals surface area contributed by atoms with Crippen molar-refractivity contribution < 1.29 is 28.2 Å². The zero-order valence-electron chi connectivity index (χ0n) is 17.0. The lowest BCUT2D eigenvalue weighted by Crippen LogP contribution is -2.34. The van der Waals surface area contributed by atoms with Crippen molar-refractivity contribution in [2.75, 3.05) is 27.4 Å². The fourth-order valence-corrected chi connectivity index (χ4v) is 3.53. The van der Waals surface area contributed by atoms with E-state index in [1.54, 1.807) is 37.3 Å². The summed E-state index contributed by atoms with van der Waals surface area (Å²) < 4.78 is 29.0. The molecule has 0 unspecified atom stereocenters. The highest BCUT2D eigenvalue weighted by atomic mass is 19.1. The first kappa shape index (κ1) is 21.4. The second kappa shape index (κ2) is 9.91. The summed E-state index contributed by atoms with van der Waals surface area (Å²) in [5.74, 6) is 0.0143. The first-order chi connectivity index (χ1) is 14.5. The first-order valence-electron chi connectivity index (χ1n) is 9.63. The Bertz CT molecular complexity index is 943. The van der Waals surface area contributed by atoms with Gasteiger partial charge in [0.25, 0.3) is 5.91 Å². The molecule has 6 nitrogen and oxygen atoms in total. The van der Waals surface area contributed by atoms with Crippen LogP contribution in [0.2, 0.25) is 0 Å². The van der Waals surface area contributed by atoms with Crippen LogP contribution in [0.4, 0.5) is 4.39 Å². The van der Waals surface area contributed by atoms with Gasteiger partial charge in [0.2, 0.25) is 0 Å². The van der Waals surface area contributed by atoms with Crippen molar-refractivity contribution in [2.45, 2.75) is 18.9 Å². The molecule has 0 aromatic heterocycles. The lowest BCUT2D eigenvalue weighted by Gasteiger charge is -2.26. The van der Waals surface area contributed by atoms with E-state index >= 15 is 0 Å². The van der Waals surface area contributed by atoms with Gasteiger partial charge < -0.3 is 19.1 Å². The minimum absolute atomic E-state index is 0.177. The zero-order valence-corrected chi connectivity index (χ0v) is 17.0. The molecule has 2 aromatic rings. The molecule has 3 rings (SSSR count). The molecule has 158 valence electrons. The third-order valence-electron chi connectivity index (χ3n) is 4.97. The summed E-state index contributed by atoms with van der Waals surface area (Å²) in [6.45, 7) is 0.204. The molecular formula is C23H24FNO5. The number of carbonyl (C=O) groups excluding carboxylic acids is 2. The second-order valence-corrected chi connectivity index (χ2v) is 6.85. The molecule has 1 saturated heterocycles. The Labute approximate surface area is 174 Å². The van der Waals surface area contributed by atoms with Gasteiger partial charge in [-0.3, -0.25) is 4.79 Å². The van der Waals surface area contributed by atoms with Gasteiger partial charge in [0.05, 0.1) is 20.3 Å². The van der Waals surface area contributed by atoms with E-state index in [4.69, 9.17) is 14.2 Å². The third kappa shape index (κ3) is 5.17. The van der Waals surface area contributed by atoms with E-state index in [-0.39, 0.29) is 18.6 Å². The number of amides is 1. The second-order valence-electron chi connectivity index (χ2n) is 6.85. The Morgan fingerprint density at radius 3 is 2.73 bits per heavy atom. The molecule has 7 heteroatoms. The number of hydrogen-bond donors (Lipinski definition) is 0. The Balaban J connectivity index is 1.63. The van der Waals surface area contributed by atoms with Crippen molar-refractivity contribution in [3.05, 3.63) is 65.5 Å². The van der Waals surface area contributed by atoms with Crippen LogP contribution in [-0.4, -0.2) is 44.1 Å². The van der Waals surface area contributed by atoms with Crippen LogP contribution >= 0.6 is 0 Å². The van der Waals surface area contributed by atoms with E-state index in [2.05, 4.69) is 0 Å². The smallest absolute Gasteiger partial charge is 0.331 e. The quantitative estimate of drug-likeness (QED) is 0.511. The summed E-state index contributed by atoms with van der Waals surface area (Å²) in [5.41, 5.74) is 1.39. The van der Waals surface area contributed by atoms with E-state index in [1.165, 1.54) is 24.3 Å². The average Bonchev–Trinajstić information content (AvgIpc) is 3.25. The minimum atomic E-state index is -0.665. The Morgan fingerprint density at radius 1 is 1.17 bits per heavy atom. The van der Waals surface area contributed by atoms with E-state index in [0.29, 0.717) is 23.6 Å². The van der Waals surface area contributed by atoms with Gasteiger partial charge in [0, 0.05) is 18.2 Å². The molecule has 0 saturated carbocycles. The molecule has 1 fully saturated rings. The molecule has 0 aliphatic carbocycles. The van der Waals surface area contributed by atoms with Gasteiger partial charge in [0.15, 0.2) is 6.61 Å². The fourth-order valence-electron chi connectivity index (χ4n) is 3.53. The van der Waals surface area contributed by atoms with Crippen LogP contribution in [0.1, 0.15) is 30.0 Å². The standard InChI is InChI=1S/C23H24FNO5/c1-28-18-9-10-21(29-2)19(14-18)20-7-4-12-25(20)22(26)15-30-23(27)11-8-16-5-3-6-17(24)13-16/h3,5-6,8-11,13-14,20H,4,7,12,15H2,1-2H3/b11-8+/t20-/m1/s1. The van der Waals surface area contributed by atoms with Crippen LogP contribution < -0.4 is 9.47 Å². The van der Waals surface area contributed by atoms with Gasteiger partial charge in [-0.25, -0.2) is 9.18 Å². The van der Waals surface area contributed by atoms with Crippen molar-refractivity contribution in [3.8, 4) is 11.5 Å². The van der Waals surface area contributed by atoms with Gasteiger partial charge in [-0.05, 0) is 54.8 Å². The number of carbonyl (C=O) groups is 2. The van der Waals surface area contributed by atoms with Crippen LogP contribution in [0, 0.1) is 5.82 Å². The SMILES string of the molecule is COc1ccc(OC)c([C@H]2CCCN2C(=O)COC(=O)/C=C/c2cccc(F)c2)c1. The van der Waals surface area contributed by atoms with Gasteiger partial charge in [-0.2, -0.15) is 0 Å². The van der Waals surface area contributed by atoms with Gasteiger partial charge in [-0.15, -0.1) is 0 Å². The first-order valence-corrected chi connectivity index (χ1v) is 9.63. The van der Waals surface area contributed by atoms with Crippen LogP contribution in [0.15, 0.2) is 48.5 Å². The largest absolute Gasteiger partial charge is 0.497 e. The van der Waals surface area contributed by atoms with E-state index < -0.39 is 11.8 Å². The minimum Gasteiger partial charge on any atom is -0.497 e. The summed E-state index contributed by atoms with van der Waals surface area (Å²) in [7, 11) is 3.17. The number of ether oxygens (including phenoxy) is 3. The van der Waals surface area contributed by atoms with Crippen molar-refractivity contribution in [3.63, 3.8) is 0 Å². The molecular weight excluding hydrogens is 389 g/mol. The molecule has 1 aliphatic heterocycles. The van der Waals surface area contributed by atoms with Crippen molar-refractivity contribution >= 4 is 18.0 Å². The van der Waals surface area contributed by atoms with Gasteiger partial charge >= 0.3 is 5.97 Å². The topological polar surface area (TPSA) is 65.1 Å². The molecule has 2 aromatic carbocycles. The van der Waals surface area contributed by atoms with Crippen LogP contribution in [0.3, 0.4) is 0 Å². The molecule has 0 spiro atoms. The van der Waals surface area contributed by atoms with Crippen LogP contribution in [0.25, 0.3) is 6.08 Å². The zero-order chi connectivity index (χ0) is 21.5. The number of halogens is 1. The maximum atomic E-state index is 13.2. The number of esters is 1. The van der Waals surface area contributed by atoms with Crippen molar-refractivity contribution in [1.29, 1.82) is 0 Å². The van der Waals surface area contributed by atoms with Gasteiger partial charge in [-0.1, -0.05) is 12.1 Å². The molecule has 1 atom stereocenters. The number of benzene rings is 2. The summed E-state index contributed by atoms with van der Waals surface area (Å²) in [5, 5.41) is 0. The summed E-state index contributed by atoms with van der Waals surface area (Å²) in [4.78, 5) is 26.4. The molecule has 0 radical (unpaired) electrons.